The molecule has 1 fully saturated rings. The van der Waals surface area contributed by atoms with Crippen molar-refractivity contribution in [3.63, 3.8) is 0 Å². The van der Waals surface area contributed by atoms with Crippen molar-refractivity contribution in [1.29, 1.82) is 0 Å². The summed E-state index contributed by atoms with van der Waals surface area (Å²) in [6.45, 7) is 0.693. The van der Waals surface area contributed by atoms with E-state index >= 15 is 0 Å². The van der Waals surface area contributed by atoms with Gasteiger partial charge < -0.3 is 15.5 Å². The van der Waals surface area contributed by atoms with Crippen molar-refractivity contribution in [3.8, 4) is 16.9 Å². The average molecular weight is 455 g/mol. The minimum atomic E-state index is -0.0404. The van der Waals surface area contributed by atoms with Crippen LogP contribution in [0.4, 0.5) is 0 Å². The molecular formula is C25H27ClN2O2S. The number of hydrogen-bond acceptors (Lipinski definition) is 4. The van der Waals surface area contributed by atoms with E-state index in [4.69, 9.17) is 10.5 Å². The Morgan fingerprint density at radius 2 is 1.87 bits per heavy atom. The number of pyridine rings is 1. The highest BCUT2D eigenvalue weighted by atomic mass is 35.5. The molecule has 0 amide bonds. The van der Waals surface area contributed by atoms with Crippen LogP contribution >= 0.6 is 23.7 Å². The normalized spacial score (nSPS) is 15.3. The predicted molar refractivity (Wildman–Crippen MR) is 133 cm³/mol. The van der Waals surface area contributed by atoms with Crippen molar-refractivity contribution < 1.29 is 4.74 Å². The maximum Gasteiger partial charge on any atom is 0.266 e. The molecule has 4 aromatic rings. The lowest BCUT2D eigenvalue weighted by atomic mass is 9.84. The van der Waals surface area contributed by atoms with Crippen molar-refractivity contribution in [1.82, 2.24) is 4.98 Å². The Morgan fingerprint density at radius 3 is 2.55 bits per heavy atom. The lowest BCUT2D eigenvalue weighted by Crippen LogP contribution is -2.19. The van der Waals surface area contributed by atoms with Crippen LogP contribution in [0.15, 0.2) is 52.6 Å². The van der Waals surface area contributed by atoms with E-state index in [1.807, 2.05) is 23.6 Å². The molecule has 0 radical (unpaired) electrons. The Labute approximate surface area is 191 Å². The molecule has 1 unspecified atom stereocenters. The molecule has 2 aromatic heterocycles. The monoisotopic (exact) mass is 454 g/mol. The number of aromatic nitrogens is 1. The van der Waals surface area contributed by atoms with Gasteiger partial charge in [-0.2, -0.15) is 0 Å². The fourth-order valence-electron chi connectivity index (χ4n) is 5.14. The SMILES string of the molecule is COc1ccc2[nH]c(=O)c3sccc3c2c1-c1ccc(C(CN)C2CCCC2)cc1.Cl. The second-order valence-electron chi connectivity index (χ2n) is 8.19. The molecule has 0 bridgehead atoms. The third kappa shape index (κ3) is 3.75. The van der Waals surface area contributed by atoms with E-state index in [1.165, 1.54) is 42.6 Å². The van der Waals surface area contributed by atoms with E-state index in [0.29, 0.717) is 18.4 Å². The number of H-pyrrole nitrogens is 1. The highest BCUT2D eigenvalue weighted by Gasteiger charge is 2.25. The van der Waals surface area contributed by atoms with Crippen molar-refractivity contribution >= 4 is 44.7 Å². The van der Waals surface area contributed by atoms with Crippen LogP contribution in [0.2, 0.25) is 0 Å². The van der Waals surface area contributed by atoms with Crippen molar-refractivity contribution in [3.05, 3.63) is 63.8 Å². The van der Waals surface area contributed by atoms with Gasteiger partial charge in [-0.05, 0) is 65.9 Å². The third-order valence-electron chi connectivity index (χ3n) is 6.63. The number of benzene rings is 2. The van der Waals surface area contributed by atoms with E-state index < -0.39 is 0 Å². The van der Waals surface area contributed by atoms with Crippen LogP contribution in [0.25, 0.3) is 32.1 Å². The quantitative estimate of drug-likeness (QED) is 0.384. The second kappa shape index (κ2) is 9.03. The highest BCUT2D eigenvalue weighted by Crippen LogP contribution is 2.41. The molecular weight excluding hydrogens is 428 g/mol. The third-order valence-corrected chi connectivity index (χ3v) is 7.54. The maximum absolute atomic E-state index is 12.4. The first kappa shape index (κ1) is 21.9. The number of halogens is 1. The Morgan fingerprint density at radius 1 is 1.13 bits per heavy atom. The number of nitrogens with two attached hydrogens (primary N) is 1. The number of nitrogens with one attached hydrogen (secondary N) is 1. The predicted octanol–water partition coefficient (Wildman–Crippen LogP) is 6.07. The van der Waals surface area contributed by atoms with Gasteiger partial charge in [0.1, 0.15) is 10.4 Å². The topological polar surface area (TPSA) is 68.1 Å². The molecule has 1 aliphatic carbocycles. The molecule has 0 aliphatic heterocycles. The first-order chi connectivity index (χ1) is 14.7. The van der Waals surface area contributed by atoms with E-state index in [2.05, 4.69) is 29.2 Å². The number of fused-ring (bicyclic) bond motifs is 3. The lowest BCUT2D eigenvalue weighted by Gasteiger charge is -2.22. The summed E-state index contributed by atoms with van der Waals surface area (Å²) in [7, 11) is 1.69. The first-order valence-corrected chi connectivity index (χ1v) is 11.5. The Bertz CT molecular complexity index is 1260. The van der Waals surface area contributed by atoms with Gasteiger partial charge in [0.25, 0.3) is 5.56 Å². The van der Waals surface area contributed by atoms with Gasteiger partial charge in [0, 0.05) is 21.9 Å². The number of thiophene rings is 1. The van der Waals surface area contributed by atoms with Gasteiger partial charge in [-0.1, -0.05) is 37.1 Å². The van der Waals surface area contributed by atoms with E-state index in [9.17, 15) is 4.79 Å². The van der Waals surface area contributed by atoms with E-state index in [0.717, 1.165) is 37.9 Å². The summed E-state index contributed by atoms with van der Waals surface area (Å²) in [4.78, 5) is 15.5. The van der Waals surface area contributed by atoms with Crippen LogP contribution in [0.1, 0.15) is 37.2 Å². The van der Waals surface area contributed by atoms with Crippen molar-refractivity contribution in [2.45, 2.75) is 31.6 Å². The second-order valence-corrected chi connectivity index (χ2v) is 9.11. The zero-order chi connectivity index (χ0) is 20.7. The standard InChI is InChI=1S/C25H26N2O2S.ClH/c1-29-21-11-10-20-23(18-12-13-30-24(18)25(28)27-20)22(21)17-8-6-16(7-9-17)19(14-26)15-4-2-3-5-15;/h6-13,15,19H,2-5,14,26H2,1H3,(H,27,28);1H. The molecule has 3 N–H and O–H groups in total. The molecule has 1 aliphatic rings. The lowest BCUT2D eigenvalue weighted by molar-refractivity contribution is 0.417. The van der Waals surface area contributed by atoms with Crippen LogP contribution in [-0.2, 0) is 0 Å². The van der Waals surface area contributed by atoms with E-state index in [-0.39, 0.29) is 18.0 Å². The number of methoxy groups -OCH3 is 1. The van der Waals surface area contributed by atoms with Gasteiger partial charge in [0.15, 0.2) is 0 Å². The summed E-state index contributed by atoms with van der Waals surface area (Å²) in [6, 6.07) is 14.7. The summed E-state index contributed by atoms with van der Waals surface area (Å²) in [5, 5.41) is 3.98. The number of rotatable bonds is 5. The summed E-state index contributed by atoms with van der Waals surface area (Å²) in [5.41, 5.74) is 10.4. The van der Waals surface area contributed by atoms with Gasteiger partial charge in [0.2, 0.25) is 0 Å². The Balaban J connectivity index is 0.00000231. The molecule has 31 heavy (non-hydrogen) atoms. The maximum atomic E-state index is 12.4. The van der Waals surface area contributed by atoms with Crippen molar-refractivity contribution in [2.75, 3.05) is 13.7 Å². The number of ether oxygens (including phenoxy) is 1. The Kier molecular flexibility index (Phi) is 6.37. The average Bonchev–Trinajstić information content (AvgIpc) is 3.47. The van der Waals surface area contributed by atoms with Crippen LogP contribution in [0, 0.1) is 5.92 Å². The van der Waals surface area contributed by atoms with E-state index in [1.54, 1.807) is 7.11 Å². The molecule has 162 valence electrons. The van der Waals surface area contributed by atoms with Crippen LogP contribution < -0.4 is 16.0 Å². The number of aromatic amines is 1. The summed E-state index contributed by atoms with van der Waals surface area (Å²) < 4.78 is 6.48. The molecule has 5 rings (SSSR count). The van der Waals surface area contributed by atoms with Gasteiger partial charge in [0.05, 0.1) is 7.11 Å². The summed E-state index contributed by atoms with van der Waals surface area (Å²) in [6.07, 6.45) is 5.21. The fourth-order valence-corrected chi connectivity index (χ4v) is 5.94. The van der Waals surface area contributed by atoms with Crippen LogP contribution in [0.5, 0.6) is 5.75 Å². The molecule has 1 saturated carbocycles. The van der Waals surface area contributed by atoms with Gasteiger partial charge in [-0.15, -0.1) is 23.7 Å². The zero-order valence-corrected chi connectivity index (χ0v) is 19.2. The molecule has 6 heteroatoms. The number of hydrogen-bond donors (Lipinski definition) is 2. The fraction of sp³-hybridized carbons (Fsp3) is 0.320. The zero-order valence-electron chi connectivity index (χ0n) is 17.5. The molecule has 2 heterocycles. The minimum absolute atomic E-state index is 0. The molecule has 2 aromatic carbocycles. The van der Waals surface area contributed by atoms with Crippen LogP contribution in [-0.4, -0.2) is 18.6 Å². The van der Waals surface area contributed by atoms with Gasteiger partial charge >= 0.3 is 0 Å². The van der Waals surface area contributed by atoms with Gasteiger partial charge in [-0.3, -0.25) is 4.79 Å². The molecule has 0 spiro atoms. The van der Waals surface area contributed by atoms with Crippen LogP contribution in [0.3, 0.4) is 0 Å². The van der Waals surface area contributed by atoms with Crippen molar-refractivity contribution in [2.24, 2.45) is 11.7 Å². The van der Waals surface area contributed by atoms with Gasteiger partial charge in [-0.25, -0.2) is 0 Å². The molecule has 1 atom stereocenters. The molecule has 0 saturated heterocycles. The highest BCUT2D eigenvalue weighted by molar-refractivity contribution is 7.17. The Hall–Kier alpha value is -2.34. The largest absolute Gasteiger partial charge is 0.496 e. The summed E-state index contributed by atoms with van der Waals surface area (Å²) in [5.74, 6) is 1.93. The minimum Gasteiger partial charge on any atom is -0.496 e. The summed E-state index contributed by atoms with van der Waals surface area (Å²) >= 11 is 1.47. The molecule has 4 nitrogen and oxygen atoms in total. The first-order valence-electron chi connectivity index (χ1n) is 10.6. The smallest absolute Gasteiger partial charge is 0.266 e.